The number of para-hydroxylation sites is 2. The molecule has 3 heterocycles. The van der Waals surface area contributed by atoms with Gasteiger partial charge in [-0.25, -0.2) is 0 Å². The number of epoxide rings is 1. The van der Waals surface area contributed by atoms with Gasteiger partial charge in [-0.3, -0.25) is 9.59 Å². The summed E-state index contributed by atoms with van der Waals surface area (Å²) in [7, 11) is 0. The summed E-state index contributed by atoms with van der Waals surface area (Å²) in [5, 5.41) is 0. The Morgan fingerprint density at radius 3 is 2.10 bits per heavy atom. The Labute approximate surface area is 183 Å². The minimum atomic E-state index is -0.344. The lowest BCUT2D eigenvalue weighted by atomic mass is 9.92. The van der Waals surface area contributed by atoms with Crippen LogP contribution in [0.4, 0.5) is 0 Å². The number of hydrogen-bond acceptors (Lipinski definition) is 5. The molecule has 0 aromatic heterocycles. The van der Waals surface area contributed by atoms with Crippen LogP contribution in [-0.2, 0) is 4.74 Å². The highest BCUT2D eigenvalue weighted by molar-refractivity contribution is 5.98. The second-order valence-electron chi connectivity index (χ2n) is 9.28. The second-order valence-corrected chi connectivity index (χ2v) is 9.28. The Morgan fingerprint density at radius 2 is 1.45 bits per heavy atom. The maximum atomic E-state index is 11.5. The van der Waals surface area contributed by atoms with Crippen LogP contribution >= 0.6 is 0 Å². The summed E-state index contributed by atoms with van der Waals surface area (Å²) in [6.07, 6.45) is 4.24. The molecule has 5 heteroatoms. The molecule has 2 aromatic rings. The van der Waals surface area contributed by atoms with Crippen molar-refractivity contribution in [2.75, 3.05) is 0 Å². The molecule has 31 heavy (non-hydrogen) atoms. The van der Waals surface area contributed by atoms with Crippen LogP contribution in [0.1, 0.15) is 79.5 Å². The molecular weight excluding hydrogens is 392 g/mol. The third-order valence-corrected chi connectivity index (χ3v) is 5.73. The normalized spacial score (nSPS) is 22.9. The van der Waals surface area contributed by atoms with Gasteiger partial charge in [-0.15, -0.1) is 0 Å². The number of hydrogen-bond donors (Lipinski definition) is 0. The minimum Gasteiger partial charge on any atom is -0.484 e. The smallest absolute Gasteiger partial charge is 0.163 e. The lowest BCUT2D eigenvalue weighted by molar-refractivity contribution is 0.0704. The standard InChI is InChI=1S/C13H14O3.C13H14O2/c1-7(14)8-5-4-6-9-10(8)16-13(2,3)12-11(9)15-12;1-9(14)11-6-4-5-10-7-8-13(2,3)15-12(10)11/h4-6,11-12H,1-3H3;4-8H,1-3H3. The molecule has 5 rings (SSSR count). The van der Waals surface area contributed by atoms with E-state index >= 15 is 0 Å². The first kappa shape index (κ1) is 21.3. The zero-order chi connectivity index (χ0) is 22.6. The fourth-order valence-electron chi connectivity index (χ4n) is 4.03. The molecule has 0 radical (unpaired) electrons. The molecule has 0 amide bonds. The van der Waals surface area contributed by atoms with Gasteiger partial charge in [-0.1, -0.05) is 30.3 Å². The summed E-state index contributed by atoms with van der Waals surface area (Å²) in [6.45, 7) is 11.1. The monoisotopic (exact) mass is 420 g/mol. The van der Waals surface area contributed by atoms with Gasteiger partial charge in [0.05, 0.1) is 11.1 Å². The molecule has 0 bridgehead atoms. The first-order valence-electron chi connectivity index (χ1n) is 10.5. The van der Waals surface area contributed by atoms with Crippen molar-refractivity contribution >= 4 is 17.6 Å². The molecule has 3 aliphatic heterocycles. The van der Waals surface area contributed by atoms with Crippen molar-refractivity contribution in [2.45, 2.75) is 65.0 Å². The van der Waals surface area contributed by atoms with Crippen molar-refractivity contribution in [1.29, 1.82) is 0 Å². The Bertz CT molecular complexity index is 1090. The number of ketones is 2. The molecule has 2 unspecified atom stereocenters. The number of carbonyl (C=O) groups is 2. The van der Waals surface area contributed by atoms with Gasteiger partial charge in [0, 0.05) is 11.1 Å². The van der Waals surface area contributed by atoms with Crippen LogP contribution in [0.2, 0.25) is 0 Å². The molecule has 3 aliphatic rings. The molecule has 162 valence electrons. The van der Waals surface area contributed by atoms with Gasteiger partial charge in [-0.2, -0.15) is 0 Å². The molecule has 1 saturated heterocycles. The first-order chi connectivity index (χ1) is 14.5. The average molecular weight is 421 g/mol. The number of fused-ring (bicyclic) bond motifs is 4. The number of carbonyl (C=O) groups excluding carboxylic acids is 2. The second kappa shape index (κ2) is 7.34. The van der Waals surface area contributed by atoms with Gasteiger partial charge < -0.3 is 14.2 Å². The zero-order valence-electron chi connectivity index (χ0n) is 18.8. The van der Waals surface area contributed by atoms with E-state index in [9.17, 15) is 9.59 Å². The summed E-state index contributed by atoms with van der Waals surface area (Å²) >= 11 is 0. The number of Topliss-reactive ketones (excluding diaryl/α,β-unsaturated/α-hetero) is 2. The van der Waals surface area contributed by atoms with E-state index in [1.165, 1.54) is 0 Å². The van der Waals surface area contributed by atoms with E-state index in [4.69, 9.17) is 14.2 Å². The molecule has 1 fully saturated rings. The van der Waals surface area contributed by atoms with Crippen LogP contribution in [0.5, 0.6) is 11.5 Å². The fourth-order valence-corrected chi connectivity index (χ4v) is 4.03. The summed E-state index contributed by atoms with van der Waals surface area (Å²) < 4.78 is 17.3. The van der Waals surface area contributed by atoms with Crippen molar-refractivity contribution in [3.8, 4) is 11.5 Å². The summed E-state index contributed by atoms with van der Waals surface area (Å²) in [6, 6.07) is 11.3. The molecule has 2 aromatic carbocycles. The largest absolute Gasteiger partial charge is 0.484 e. The number of ether oxygens (including phenoxy) is 3. The average Bonchev–Trinajstić information content (AvgIpc) is 3.49. The maximum absolute atomic E-state index is 11.5. The van der Waals surface area contributed by atoms with Crippen molar-refractivity contribution < 1.29 is 23.8 Å². The van der Waals surface area contributed by atoms with E-state index in [0.717, 1.165) is 11.1 Å². The van der Waals surface area contributed by atoms with E-state index in [1.807, 2.05) is 64.1 Å². The molecule has 0 spiro atoms. The van der Waals surface area contributed by atoms with Crippen LogP contribution in [0.3, 0.4) is 0 Å². The van der Waals surface area contributed by atoms with Crippen LogP contribution < -0.4 is 9.47 Å². The topological polar surface area (TPSA) is 65.1 Å². The van der Waals surface area contributed by atoms with E-state index in [0.29, 0.717) is 22.6 Å². The van der Waals surface area contributed by atoms with E-state index < -0.39 is 0 Å². The fraction of sp³-hybridized carbons (Fsp3) is 0.385. The first-order valence-corrected chi connectivity index (χ1v) is 10.5. The molecule has 0 N–H and O–H groups in total. The lowest BCUT2D eigenvalue weighted by Gasteiger charge is -2.30. The Balaban J connectivity index is 0.000000150. The third-order valence-electron chi connectivity index (χ3n) is 5.73. The zero-order valence-corrected chi connectivity index (χ0v) is 18.8. The molecule has 5 nitrogen and oxygen atoms in total. The van der Waals surface area contributed by atoms with Crippen molar-refractivity contribution in [3.63, 3.8) is 0 Å². The molecule has 2 atom stereocenters. The van der Waals surface area contributed by atoms with Gasteiger partial charge in [0.15, 0.2) is 11.6 Å². The quantitative estimate of drug-likeness (QED) is 0.469. The van der Waals surface area contributed by atoms with E-state index in [1.54, 1.807) is 26.0 Å². The molecule has 0 saturated carbocycles. The van der Waals surface area contributed by atoms with E-state index in [2.05, 4.69) is 0 Å². The van der Waals surface area contributed by atoms with Crippen molar-refractivity contribution in [1.82, 2.24) is 0 Å². The molecular formula is C26H28O5. The van der Waals surface area contributed by atoms with Crippen molar-refractivity contribution in [3.05, 3.63) is 64.7 Å². The summed E-state index contributed by atoms with van der Waals surface area (Å²) in [4.78, 5) is 23.0. The van der Waals surface area contributed by atoms with Crippen LogP contribution in [0, 0.1) is 0 Å². The number of benzene rings is 2. The van der Waals surface area contributed by atoms with Gasteiger partial charge in [0.25, 0.3) is 0 Å². The Morgan fingerprint density at radius 1 is 0.839 bits per heavy atom. The SMILES string of the molecule is CC(=O)c1cccc2c1OC(C)(C)C1OC21.CC(=O)c1cccc2c1OC(C)(C)C=C2. The minimum absolute atomic E-state index is 0.0340. The molecule has 0 aliphatic carbocycles. The Hall–Kier alpha value is -2.92. The summed E-state index contributed by atoms with van der Waals surface area (Å²) in [5.41, 5.74) is 2.62. The van der Waals surface area contributed by atoms with E-state index in [-0.39, 0.29) is 35.0 Å². The highest BCUT2D eigenvalue weighted by Gasteiger charge is 2.57. The van der Waals surface area contributed by atoms with Crippen LogP contribution in [-0.4, -0.2) is 28.9 Å². The van der Waals surface area contributed by atoms with Gasteiger partial charge in [0.2, 0.25) is 0 Å². The van der Waals surface area contributed by atoms with Crippen LogP contribution in [0.15, 0.2) is 42.5 Å². The summed E-state index contributed by atoms with van der Waals surface area (Å²) in [5.74, 6) is 1.49. The number of rotatable bonds is 2. The third kappa shape index (κ3) is 4.02. The highest BCUT2D eigenvalue weighted by Crippen LogP contribution is 2.54. The maximum Gasteiger partial charge on any atom is 0.163 e. The Kier molecular flexibility index (Phi) is 5.05. The lowest BCUT2D eigenvalue weighted by Crippen LogP contribution is -2.38. The van der Waals surface area contributed by atoms with Gasteiger partial charge >= 0.3 is 0 Å². The van der Waals surface area contributed by atoms with Crippen LogP contribution in [0.25, 0.3) is 6.08 Å². The predicted octanol–water partition coefficient (Wildman–Crippen LogP) is 5.57. The highest BCUT2D eigenvalue weighted by atomic mass is 16.6. The predicted molar refractivity (Wildman–Crippen MR) is 119 cm³/mol. The van der Waals surface area contributed by atoms with Gasteiger partial charge in [0.1, 0.15) is 34.9 Å². The van der Waals surface area contributed by atoms with Gasteiger partial charge in [-0.05, 0) is 59.8 Å². The van der Waals surface area contributed by atoms with Crippen molar-refractivity contribution in [2.24, 2.45) is 0 Å².